The van der Waals surface area contributed by atoms with E-state index in [0.717, 1.165) is 16.5 Å². The monoisotopic (exact) mass is 481 g/mol. The molecular weight excluding hydrogens is 466 g/mol. The Kier molecular flexibility index (Phi) is 7.08. The number of aromatic nitrogens is 2. The van der Waals surface area contributed by atoms with Crippen molar-refractivity contribution in [3.63, 3.8) is 0 Å². The fourth-order valence-electron chi connectivity index (χ4n) is 3.03. The largest absolute Gasteiger partial charge is 0.386 e. The van der Waals surface area contributed by atoms with Crippen molar-refractivity contribution in [2.75, 3.05) is 0 Å². The predicted octanol–water partition coefficient (Wildman–Crippen LogP) is 5.47. The van der Waals surface area contributed by atoms with Crippen LogP contribution in [0.1, 0.15) is 5.56 Å². The molecule has 7 heteroatoms. The van der Waals surface area contributed by atoms with Gasteiger partial charge in [0.1, 0.15) is 0 Å². The molecule has 0 saturated heterocycles. The number of rotatable bonds is 2. The van der Waals surface area contributed by atoms with Crippen LogP contribution in [0.4, 0.5) is 0 Å². The number of aryl methyl sites for hydroxylation is 1. The molecule has 30 heavy (non-hydrogen) atoms. The van der Waals surface area contributed by atoms with E-state index in [1.54, 1.807) is 60.9 Å². The van der Waals surface area contributed by atoms with Gasteiger partial charge in [0.15, 0.2) is 0 Å². The molecule has 0 atom stereocenters. The molecule has 146 valence electrons. The van der Waals surface area contributed by atoms with Crippen molar-refractivity contribution in [3.05, 3.63) is 96.1 Å². The zero-order valence-electron chi connectivity index (χ0n) is 16.3. The van der Waals surface area contributed by atoms with Gasteiger partial charge in [0.25, 0.3) is 0 Å². The molecule has 0 unspecified atom stereocenters. The zero-order chi connectivity index (χ0) is 20.3. The van der Waals surface area contributed by atoms with Crippen LogP contribution < -0.4 is 0 Å². The van der Waals surface area contributed by atoms with Crippen LogP contribution in [0.5, 0.6) is 0 Å². The van der Waals surface area contributed by atoms with Crippen molar-refractivity contribution in [2.45, 2.75) is 16.7 Å². The quantitative estimate of drug-likeness (QED) is 0.247. The summed E-state index contributed by atoms with van der Waals surface area (Å²) in [6, 6.07) is 23.9. The van der Waals surface area contributed by atoms with Gasteiger partial charge in [-0.3, -0.25) is 16.3 Å². The van der Waals surface area contributed by atoms with E-state index in [4.69, 9.17) is 0 Å². The summed E-state index contributed by atoms with van der Waals surface area (Å²) in [4.78, 5) is 8.82. The van der Waals surface area contributed by atoms with Crippen molar-refractivity contribution in [1.29, 1.82) is 0 Å². The molecule has 5 aromatic rings. The molecule has 0 spiro atoms. The third kappa shape index (κ3) is 4.49. The first-order chi connectivity index (χ1) is 14.1. The molecule has 0 saturated carbocycles. The van der Waals surface area contributed by atoms with E-state index >= 15 is 0 Å². The van der Waals surface area contributed by atoms with E-state index in [1.165, 1.54) is 4.70 Å². The molecule has 2 aromatic heterocycles. The molecule has 4 nitrogen and oxygen atoms in total. The summed E-state index contributed by atoms with van der Waals surface area (Å²) in [5.74, 6) is 0. The van der Waals surface area contributed by atoms with E-state index in [1.807, 2.05) is 42.5 Å². The molecular formula is C23H17N2O2S2Zn-. The van der Waals surface area contributed by atoms with E-state index in [-0.39, 0.29) is 24.4 Å². The number of sulfone groups is 1. The predicted molar refractivity (Wildman–Crippen MR) is 117 cm³/mol. The minimum absolute atomic E-state index is 0. The Morgan fingerprint density at radius 2 is 1.53 bits per heavy atom. The maximum Gasteiger partial charge on any atom is 0.209 e. The topological polar surface area (TPSA) is 59.9 Å². The minimum atomic E-state index is -3.56. The van der Waals surface area contributed by atoms with Gasteiger partial charge >= 0.3 is 0 Å². The fourth-order valence-corrected chi connectivity index (χ4v) is 5.30. The van der Waals surface area contributed by atoms with E-state index in [0.29, 0.717) is 10.4 Å². The number of fused-ring (bicyclic) bond motifs is 2. The van der Waals surface area contributed by atoms with Gasteiger partial charge in [-0.05, 0) is 36.2 Å². The van der Waals surface area contributed by atoms with Crippen LogP contribution in [0, 0.1) is 12.4 Å². The van der Waals surface area contributed by atoms with Crippen molar-refractivity contribution in [1.82, 2.24) is 9.97 Å². The Morgan fingerprint density at radius 3 is 2.33 bits per heavy atom. The van der Waals surface area contributed by atoms with Crippen LogP contribution in [0.3, 0.4) is 0 Å². The summed E-state index contributed by atoms with van der Waals surface area (Å²) >= 11 is 1.55. The van der Waals surface area contributed by atoms with Gasteiger partial charge in [0, 0.05) is 31.1 Å². The molecule has 0 aliphatic heterocycles. The van der Waals surface area contributed by atoms with Crippen LogP contribution in [0.15, 0.2) is 94.9 Å². The number of hydrogen-bond donors (Lipinski definition) is 0. The summed E-state index contributed by atoms with van der Waals surface area (Å²) in [6.07, 6.45) is 1.61. The van der Waals surface area contributed by atoms with Crippen molar-refractivity contribution < 1.29 is 27.9 Å². The second kappa shape index (κ2) is 9.56. The second-order valence-electron chi connectivity index (χ2n) is 6.37. The first kappa shape index (κ1) is 22.2. The smallest absolute Gasteiger partial charge is 0.209 e. The van der Waals surface area contributed by atoms with Crippen LogP contribution in [0.25, 0.3) is 21.1 Å². The maximum absolute atomic E-state index is 12.8. The summed E-state index contributed by atoms with van der Waals surface area (Å²) < 4.78 is 26.9. The molecule has 0 bridgehead atoms. The normalized spacial score (nSPS) is 10.8. The van der Waals surface area contributed by atoms with Gasteiger partial charge in [0.2, 0.25) is 9.84 Å². The second-order valence-corrected chi connectivity index (χ2v) is 9.09. The van der Waals surface area contributed by atoms with Gasteiger partial charge in [-0.25, -0.2) is 8.42 Å². The van der Waals surface area contributed by atoms with Crippen molar-refractivity contribution in [2.24, 2.45) is 0 Å². The maximum atomic E-state index is 12.8. The van der Waals surface area contributed by atoms with Gasteiger partial charge in [-0.2, -0.15) is 0 Å². The first-order valence-electron chi connectivity index (χ1n) is 8.93. The number of nitrogens with zero attached hydrogens (tertiary/aromatic N) is 2. The molecule has 3 aromatic carbocycles. The van der Waals surface area contributed by atoms with E-state index < -0.39 is 9.84 Å². The summed E-state index contributed by atoms with van der Waals surface area (Å²) in [5, 5.41) is 0.821. The molecule has 5 rings (SSSR count). The van der Waals surface area contributed by atoms with Gasteiger partial charge < -0.3 is 4.98 Å². The average Bonchev–Trinajstić information content (AvgIpc) is 3.23. The molecule has 0 aliphatic rings. The molecule has 0 fully saturated rings. The molecule has 2 heterocycles. The molecule has 0 aliphatic carbocycles. The number of thiazole rings is 1. The molecule has 0 amide bonds. The van der Waals surface area contributed by atoms with E-state index in [9.17, 15) is 8.42 Å². The molecule has 0 N–H and O–H groups in total. The van der Waals surface area contributed by atoms with Crippen LogP contribution in [-0.4, -0.2) is 18.4 Å². The SMILES string of the molecule is Cc1ccccc1S(=O)(=O)c1cccc2cccnc12.[Zn].[c-]1nc2ccccc2s1. The van der Waals surface area contributed by atoms with Crippen molar-refractivity contribution in [3.8, 4) is 0 Å². The summed E-state index contributed by atoms with van der Waals surface area (Å²) in [7, 11) is -3.56. The van der Waals surface area contributed by atoms with Gasteiger partial charge in [0.05, 0.1) is 15.3 Å². The third-order valence-corrected chi connectivity index (χ3v) is 7.15. The summed E-state index contributed by atoms with van der Waals surface area (Å²) in [6.45, 7) is 1.80. The number of para-hydroxylation sites is 2. The Hall–Kier alpha value is -2.47. The van der Waals surface area contributed by atoms with Gasteiger partial charge in [-0.15, -0.1) is 16.8 Å². The summed E-state index contributed by atoms with van der Waals surface area (Å²) in [5.41, 5.74) is 5.12. The Morgan fingerprint density at radius 1 is 0.833 bits per heavy atom. The number of pyridine rings is 1. The van der Waals surface area contributed by atoms with Crippen molar-refractivity contribution >= 4 is 42.3 Å². The van der Waals surface area contributed by atoms with Crippen LogP contribution in [-0.2, 0) is 29.3 Å². The zero-order valence-corrected chi connectivity index (χ0v) is 20.9. The van der Waals surface area contributed by atoms with Crippen LogP contribution >= 0.6 is 11.3 Å². The number of benzene rings is 3. The fraction of sp³-hybridized carbons (Fsp3) is 0.0435. The third-order valence-electron chi connectivity index (χ3n) is 4.46. The Balaban J connectivity index is 0.000000214. The molecule has 0 radical (unpaired) electrons. The average molecular weight is 483 g/mol. The van der Waals surface area contributed by atoms with Gasteiger partial charge in [-0.1, -0.05) is 54.0 Å². The Labute approximate surface area is 192 Å². The standard InChI is InChI=1S/C16H13NO2S.C7H4NS.Zn/c1-12-6-2-3-9-14(12)20(18,19)15-10-4-7-13-8-5-11-17-16(13)15;1-2-4-7-6(3-1)8-5-9-7;/h2-11H,1H3;1-4H;/q;-1;. The Bertz CT molecular complexity index is 1360. The first-order valence-corrected chi connectivity index (χ1v) is 11.2. The van der Waals surface area contributed by atoms with E-state index in [2.05, 4.69) is 15.5 Å². The van der Waals surface area contributed by atoms with Crippen LogP contribution in [0.2, 0.25) is 0 Å². The number of hydrogen-bond acceptors (Lipinski definition) is 5. The minimum Gasteiger partial charge on any atom is -0.386 e.